The number of para-hydroxylation sites is 3. The molecule has 20 heavy (non-hydrogen) atoms. The van der Waals surface area contributed by atoms with Crippen LogP contribution in [0.1, 0.15) is 6.92 Å². The molecule has 0 amide bonds. The van der Waals surface area contributed by atoms with E-state index < -0.39 is 0 Å². The van der Waals surface area contributed by atoms with Crippen LogP contribution in [0.15, 0.2) is 42.5 Å². The summed E-state index contributed by atoms with van der Waals surface area (Å²) in [4.78, 5) is 11.0. The zero-order chi connectivity index (χ0) is 13.8. The van der Waals surface area contributed by atoms with Crippen molar-refractivity contribution < 1.29 is 9.53 Å². The van der Waals surface area contributed by atoms with Crippen LogP contribution < -0.4 is 10.1 Å². The van der Waals surface area contributed by atoms with Gasteiger partial charge in [-0.1, -0.05) is 41.4 Å². The Labute approximate surface area is 176 Å². The second kappa shape index (κ2) is 8.52. The molecule has 3 nitrogen and oxygen atoms in total. The summed E-state index contributed by atoms with van der Waals surface area (Å²) in [7, 11) is 0. The molecule has 2 aromatic carbocycles. The van der Waals surface area contributed by atoms with Crippen molar-refractivity contribution in [2.75, 3.05) is 5.32 Å². The van der Waals surface area contributed by atoms with Crippen LogP contribution in [0.4, 0.5) is 11.4 Å². The molecule has 0 bridgehead atoms. The van der Waals surface area contributed by atoms with E-state index in [-0.39, 0.29) is 64.2 Å². The third-order valence-corrected chi connectivity index (χ3v) is 2.99. The first-order valence-electron chi connectivity index (χ1n) is 5.56. The van der Waals surface area contributed by atoms with Gasteiger partial charge in [-0.2, -0.15) is 0 Å². The summed E-state index contributed by atoms with van der Waals surface area (Å²) >= 11 is 12.2. The van der Waals surface area contributed by atoms with Gasteiger partial charge in [-0.15, -0.1) is 0 Å². The smallest absolute Gasteiger partial charge is 0.308 e. The van der Waals surface area contributed by atoms with Gasteiger partial charge in [0.1, 0.15) is 0 Å². The first kappa shape index (κ1) is 18.1. The minimum atomic E-state index is -0.389. The molecule has 0 aliphatic heterocycles. The van der Waals surface area contributed by atoms with E-state index in [0.29, 0.717) is 27.2 Å². The third-order valence-electron chi connectivity index (χ3n) is 2.36. The molecule has 99 valence electrons. The number of halogens is 2. The number of carbonyl (C=O) groups is 1. The monoisotopic (exact) mass is 380 g/mol. The molecule has 0 fully saturated rings. The van der Waals surface area contributed by atoms with Crippen LogP contribution in [0, 0.1) is 0 Å². The quantitative estimate of drug-likeness (QED) is 0.637. The van der Waals surface area contributed by atoms with Gasteiger partial charge in [0, 0.05) is 65.1 Å². The average Bonchev–Trinajstić information content (AvgIpc) is 2.35. The van der Waals surface area contributed by atoms with E-state index in [1.54, 1.807) is 36.4 Å². The number of rotatable bonds is 3. The maximum absolute atomic E-state index is 11.0. The number of esters is 1. The van der Waals surface area contributed by atoms with E-state index in [1.807, 2.05) is 6.07 Å². The van der Waals surface area contributed by atoms with E-state index in [1.165, 1.54) is 6.92 Å². The molecule has 0 aliphatic carbocycles. The Balaban J connectivity index is 0.00000200. The van der Waals surface area contributed by atoms with Gasteiger partial charge in [0.25, 0.3) is 0 Å². The fourth-order valence-electron chi connectivity index (χ4n) is 1.57. The molecule has 0 heterocycles. The van der Waals surface area contributed by atoms with E-state index in [9.17, 15) is 4.79 Å². The fourth-order valence-corrected chi connectivity index (χ4v) is 2.06. The van der Waals surface area contributed by atoms with Crippen molar-refractivity contribution in [2.24, 2.45) is 0 Å². The number of carbonyl (C=O) groups excluding carboxylic acids is 1. The van der Waals surface area contributed by atoms with Crippen LogP contribution in [0.5, 0.6) is 5.75 Å². The first-order chi connectivity index (χ1) is 9.08. The Bertz CT molecular complexity index is 600. The summed E-state index contributed by atoms with van der Waals surface area (Å²) in [6.45, 7) is 1.35. The van der Waals surface area contributed by atoms with Crippen molar-refractivity contribution >= 4 is 98.7 Å². The molecule has 2 aromatic rings. The fraction of sp³-hybridized carbons (Fsp3) is 0.0714. The topological polar surface area (TPSA) is 38.3 Å². The normalized spacial score (nSPS) is 9.55. The van der Waals surface area contributed by atoms with Gasteiger partial charge in [0.05, 0.1) is 21.4 Å². The van der Waals surface area contributed by atoms with Crippen LogP contribution in [-0.4, -0.2) is 64.2 Å². The summed E-state index contributed by atoms with van der Waals surface area (Å²) in [6.07, 6.45) is 0. The van der Waals surface area contributed by atoms with Gasteiger partial charge in [0.15, 0.2) is 5.75 Å². The Kier molecular flexibility index (Phi) is 7.73. The summed E-state index contributed by atoms with van der Waals surface area (Å²) in [5, 5.41) is 4.06. The molecule has 1 N–H and O–H groups in total. The summed E-state index contributed by atoms with van der Waals surface area (Å²) < 4.78 is 5.11. The molecule has 0 aromatic heterocycles. The minimum absolute atomic E-state index is 0. The van der Waals surface area contributed by atoms with Crippen molar-refractivity contribution in [3.63, 3.8) is 0 Å². The Hall–Kier alpha value is 0.0952. The van der Waals surface area contributed by atoms with Crippen molar-refractivity contribution in [2.45, 2.75) is 6.92 Å². The summed E-state index contributed by atoms with van der Waals surface area (Å²) in [5.74, 6) is 0.0329. The molecule has 0 spiro atoms. The van der Waals surface area contributed by atoms with Crippen molar-refractivity contribution in [1.82, 2.24) is 0 Å². The molecule has 0 unspecified atom stereocenters. The number of benzene rings is 2. The zero-order valence-corrected chi connectivity index (χ0v) is 17.5. The summed E-state index contributed by atoms with van der Waals surface area (Å²) in [6, 6.07) is 12.3. The Morgan fingerprint density at radius 3 is 2.25 bits per heavy atom. The van der Waals surface area contributed by atoms with E-state index >= 15 is 0 Å². The van der Waals surface area contributed by atoms with Gasteiger partial charge in [-0.25, -0.2) is 0 Å². The van der Waals surface area contributed by atoms with E-state index in [4.69, 9.17) is 27.9 Å². The summed E-state index contributed by atoms with van der Waals surface area (Å²) in [5.41, 5.74) is 1.19. The SMILES string of the molecule is CC(=O)Oc1ccccc1Nc1c(Cl)cccc1Cl.[Rb]. The molecule has 0 saturated carbocycles. The number of hydrogen-bond donors (Lipinski definition) is 1. The number of ether oxygens (including phenoxy) is 1. The van der Waals surface area contributed by atoms with Crippen LogP contribution in [0.3, 0.4) is 0 Å². The van der Waals surface area contributed by atoms with Gasteiger partial charge >= 0.3 is 5.97 Å². The van der Waals surface area contributed by atoms with Crippen LogP contribution >= 0.6 is 23.2 Å². The van der Waals surface area contributed by atoms with Gasteiger partial charge in [0.2, 0.25) is 0 Å². The maximum Gasteiger partial charge on any atom is 0.308 e. The molecule has 0 atom stereocenters. The largest absolute Gasteiger partial charge is 0.424 e. The standard InChI is InChI=1S/C14H11Cl2NO2.Rb/c1-9(18)19-13-8-3-2-7-12(13)17-14-10(15)5-4-6-11(14)16;/h2-8,17H,1H3;. The number of nitrogens with one attached hydrogen (secondary N) is 1. The van der Waals surface area contributed by atoms with Crippen molar-refractivity contribution in [1.29, 1.82) is 0 Å². The molecule has 0 saturated heterocycles. The number of anilines is 2. The van der Waals surface area contributed by atoms with E-state index in [0.717, 1.165) is 0 Å². The van der Waals surface area contributed by atoms with Crippen LogP contribution in [0.2, 0.25) is 10.0 Å². The molecule has 6 heteroatoms. The molecule has 0 aliphatic rings. The molecular weight excluding hydrogens is 371 g/mol. The molecular formula is C14H11Cl2NO2Rb. The maximum atomic E-state index is 11.0. The van der Waals surface area contributed by atoms with Gasteiger partial charge in [-0.05, 0) is 24.3 Å². The average molecular weight is 382 g/mol. The van der Waals surface area contributed by atoms with E-state index in [2.05, 4.69) is 5.32 Å². The van der Waals surface area contributed by atoms with Crippen molar-refractivity contribution in [3.8, 4) is 5.75 Å². The second-order valence-corrected chi connectivity index (χ2v) is 4.63. The Morgan fingerprint density at radius 1 is 1.05 bits per heavy atom. The minimum Gasteiger partial charge on any atom is -0.424 e. The van der Waals surface area contributed by atoms with Gasteiger partial charge < -0.3 is 10.1 Å². The second-order valence-electron chi connectivity index (χ2n) is 3.81. The third kappa shape index (κ3) is 4.83. The predicted molar refractivity (Wildman–Crippen MR) is 83.2 cm³/mol. The number of hydrogen-bond acceptors (Lipinski definition) is 3. The first-order valence-corrected chi connectivity index (χ1v) is 6.32. The van der Waals surface area contributed by atoms with Crippen LogP contribution in [0.25, 0.3) is 0 Å². The Morgan fingerprint density at radius 2 is 1.65 bits per heavy atom. The van der Waals surface area contributed by atoms with Crippen LogP contribution in [-0.2, 0) is 4.79 Å². The molecule has 1 radical (unpaired) electrons. The molecule has 2 rings (SSSR count). The van der Waals surface area contributed by atoms with Crippen molar-refractivity contribution in [3.05, 3.63) is 52.5 Å². The predicted octanol–water partition coefficient (Wildman–Crippen LogP) is 4.28. The zero-order valence-electron chi connectivity index (χ0n) is 11.1. The van der Waals surface area contributed by atoms with Gasteiger partial charge in [-0.3, -0.25) is 4.79 Å².